The summed E-state index contributed by atoms with van der Waals surface area (Å²) < 4.78 is 5.39. The molecule has 0 bridgehead atoms. The van der Waals surface area contributed by atoms with Crippen LogP contribution in [0.2, 0.25) is 0 Å². The van der Waals surface area contributed by atoms with Gasteiger partial charge in [0.2, 0.25) is 0 Å². The molecule has 3 aromatic rings. The number of hydrogen-bond donors (Lipinski definition) is 1. The number of esters is 1. The molecule has 29 heavy (non-hydrogen) atoms. The Hall–Kier alpha value is -3.21. The maximum Gasteiger partial charge on any atom is 0.339 e. The van der Waals surface area contributed by atoms with Crippen LogP contribution in [0, 0.1) is 0 Å². The maximum absolute atomic E-state index is 12.9. The Balaban J connectivity index is 1.42. The number of nitrogens with zero attached hydrogens (tertiary/aromatic N) is 1. The van der Waals surface area contributed by atoms with Crippen molar-refractivity contribution in [1.82, 2.24) is 10.3 Å². The number of hydrogen-bond acceptors (Lipinski definition) is 4. The van der Waals surface area contributed by atoms with E-state index in [4.69, 9.17) is 9.72 Å². The fourth-order valence-electron chi connectivity index (χ4n) is 3.85. The van der Waals surface area contributed by atoms with E-state index < -0.39 is 5.97 Å². The fourth-order valence-corrected chi connectivity index (χ4v) is 3.85. The number of aromatic nitrogens is 1. The molecule has 1 N–H and O–H groups in total. The third-order valence-corrected chi connectivity index (χ3v) is 5.29. The van der Waals surface area contributed by atoms with E-state index in [0.29, 0.717) is 12.1 Å². The van der Waals surface area contributed by atoms with Gasteiger partial charge in [-0.2, -0.15) is 0 Å². The SMILES string of the molecule is O=C(COC(=O)c1c2c(nc3ccccc13)CCCC2)NCCc1ccccc1. The highest BCUT2D eigenvalue weighted by molar-refractivity contribution is 6.05. The summed E-state index contributed by atoms with van der Waals surface area (Å²) in [7, 11) is 0. The summed E-state index contributed by atoms with van der Waals surface area (Å²) in [5.41, 5.74) is 4.48. The molecule has 1 aliphatic carbocycles. The first-order valence-corrected chi connectivity index (χ1v) is 10.1. The molecule has 1 amide bonds. The molecule has 0 unspecified atom stereocenters. The molecular formula is C24H24N2O3. The Labute approximate surface area is 170 Å². The largest absolute Gasteiger partial charge is 0.452 e. The van der Waals surface area contributed by atoms with Gasteiger partial charge in [0.05, 0.1) is 11.1 Å². The number of benzene rings is 2. The summed E-state index contributed by atoms with van der Waals surface area (Å²) in [6.45, 7) is 0.229. The van der Waals surface area contributed by atoms with Gasteiger partial charge < -0.3 is 10.1 Å². The van der Waals surface area contributed by atoms with Gasteiger partial charge in [-0.25, -0.2) is 4.79 Å². The van der Waals surface area contributed by atoms with Crippen molar-refractivity contribution >= 4 is 22.8 Å². The number of para-hydroxylation sites is 1. The Morgan fingerprint density at radius 3 is 2.59 bits per heavy atom. The lowest BCUT2D eigenvalue weighted by molar-refractivity contribution is -0.124. The van der Waals surface area contributed by atoms with Crippen molar-refractivity contribution < 1.29 is 14.3 Å². The van der Waals surface area contributed by atoms with Crippen LogP contribution in [0.15, 0.2) is 54.6 Å². The predicted molar refractivity (Wildman–Crippen MR) is 112 cm³/mol. The number of nitrogens with one attached hydrogen (secondary N) is 1. The van der Waals surface area contributed by atoms with Gasteiger partial charge in [0.25, 0.3) is 5.91 Å². The monoisotopic (exact) mass is 388 g/mol. The first kappa shape index (κ1) is 19.1. The minimum Gasteiger partial charge on any atom is -0.452 e. The zero-order chi connectivity index (χ0) is 20.1. The normalized spacial score (nSPS) is 13.0. The zero-order valence-electron chi connectivity index (χ0n) is 16.3. The van der Waals surface area contributed by atoms with Crippen molar-refractivity contribution in [3.05, 3.63) is 77.0 Å². The zero-order valence-corrected chi connectivity index (χ0v) is 16.3. The number of aryl methyl sites for hydroxylation is 1. The Kier molecular flexibility index (Phi) is 5.84. The second-order valence-corrected chi connectivity index (χ2v) is 7.30. The number of amides is 1. The van der Waals surface area contributed by atoms with Crippen molar-refractivity contribution in [2.45, 2.75) is 32.1 Å². The quantitative estimate of drug-likeness (QED) is 0.655. The maximum atomic E-state index is 12.9. The summed E-state index contributed by atoms with van der Waals surface area (Å²) in [6, 6.07) is 17.6. The molecule has 0 saturated carbocycles. The summed E-state index contributed by atoms with van der Waals surface area (Å²) in [4.78, 5) is 29.8. The molecule has 0 radical (unpaired) electrons. The Morgan fingerprint density at radius 2 is 1.72 bits per heavy atom. The molecule has 148 valence electrons. The van der Waals surface area contributed by atoms with Gasteiger partial charge in [0, 0.05) is 17.6 Å². The smallest absolute Gasteiger partial charge is 0.339 e. The highest BCUT2D eigenvalue weighted by Gasteiger charge is 2.24. The average molecular weight is 388 g/mol. The minimum absolute atomic E-state index is 0.279. The van der Waals surface area contributed by atoms with Crippen LogP contribution in [0.3, 0.4) is 0 Å². The van der Waals surface area contributed by atoms with Gasteiger partial charge in [-0.1, -0.05) is 48.5 Å². The summed E-state index contributed by atoms with van der Waals surface area (Å²) >= 11 is 0. The van der Waals surface area contributed by atoms with E-state index in [2.05, 4.69) is 5.32 Å². The second kappa shape index (κ2) is 8.86. The van der Waals surface area contributed by atoms with Crippen molar-refractivity contribution in [3.63, 3.8) is 0 Å². The number of carbonyl (C=O) groups is 2. The lowest BCUT2D eigenvalue weighted by Gasteiger charge is -2.19. The van der Waals surface area contributed by atoms with E-state index in [1.165, 1.54) is 0 Å². The van der Waals surface area contributed by atoms with Crippen LogP contribution in [-0.4, -0.2) is 30.0 Å². The van der Waals surface area contributed by atoms with Gasteiger partial charge >= 0.3 is 5.97 Å². The van der Waals surface area contributed by atoms with E-state index in [1.807, 2.05) is 54.6 Å². The second-order valence-electron chi connectivity index (χ2n) is 7.30. The van der Waals surface area contributed by atoms with E-state index in [-0.39, 0.29) is 12.5 Å². The standard InChI is InChI=1S/C24H24N2O3/c27-22(25-15-14-17-8-2-1-3-9-17)16-29-24(28)23-18-10-4-6-12-20(18)26-21-13-7-5-11-19(21)23/h1-4,6,8-10,12H,5,7,11,13-16H2,(H,25,27). The highest BCUT2D eigenvalue weighted by atomic mass is 16.5. The number of fused-ring (bicyclic) bond motifs is 2. The first-order valence-electron chi connectivity index (χ1n) is 10.1. The minimum atomic E-state index is -0.444. The van der Waals surface area contributed by atoms with Crippen LogP contribution in [0.25, 0.3) is 10.9 Å². The van der Waals surface area contributed by atoms with Crippen molar-refractivity contribution in [2.75, 3.05) is 13.2 Å². The lowest BCUT2D eigenvalue weighted by atomic mass is 9.90. The Morgan fingerprint density at radius 1 is 0.966 bits per heavy atom. The van der Waals surface area contributed by atoms with Crippen molar-refractivity contribution in [2.24, 2.45) is 0 Å². The molecule has 4 rings (SSSR count). The molecule has 0 atom stereocenters. The molecule has 2 aromatic carbocycles. The van der Waals surface area contributed by atoms with Gasteiger partial charge in [-0.05, 0) is 49.3 Å². The fraction of sp³-hybridized carbons (Fsp3) is 0.292. The molecule has 5 heteroatoms. The van der Waals surface area contributed by atoms with Crippen LogP contribution in [0.5, 0.6) is 0 Å². The molecule has 0 fully saturated rings. The molecule has 5 nitrogen and oxygen atoms in total. The summed E-state index contributed by atoms with van der Waals surface area (Å²) in [5, 5.41) is 3.60. The third-order valence-electron chi connectivity index (χ3n) is 5.29. The first-order chi connectivity index (χ1) is 14.2. The van der Waals surface area contributed by atoms with Crippen LogP contribution < -0.4 is 5.32 Å². The molecule has 1 heterocycles. The molecule has 0 spiro atoms. The number of rotatable bonds is 6. The number of ether oxygens (including phenoxy) is 1. The van der Waals surface area contributed by atoms with Crippen LogP contribution in [0.1, 0.15) is 40.0 Å². The third kappa shape index (κ3) is 4.45. The molecular weight excluding hydrogens is 364 g/mol. The lowest BCUT2D eigenvalue weighted by Crippen LogP contribution is -2.30. The van der Waals surface area contributed by atoms with Crippen LogP contribution in [0.4, 0.5) is 0 Å². The van der Waals surface area contributed by atoms with E-state index >= 15 is 0 Å². The van der Waals surface area contributed by atoms with Crippen molar-refractivity contribution in [3.8, 4) is 0 Å². The van der Waals surface area contributed by atoms with Gasteiger partial charge in [0.15, 0.2) is 6.61 Å². The van der Waals surface area contributed by atoms with E-state index in [1.54, 1.807) is 0 Å². The van der Waals surface area contributed by atoms with Gasteiger partial charge in [-0.3, -0.25) is 9.78 Å². The molecule has 1 aromatic heterocycles. The van der Waals surface area contributed by atoms with Crippen LogP contribution >= 0.6 is 0 Å². The van der Waals surface area contributed by atoms with Crippen LogP contribution in [-0.2, 0) is 28.8 Å². The number of carbonyl (C=O) groups excluding carboxylic acids is 2. The molecule has 0 aliphatic heterocycles. The van der Waals surface area contributed by atoms with Gasteiger partial charge in [0.1, 0.15) is 0 Å². The summed E-state index contributed by atoms with van der Waals surface area (Å²) in [6.07, 6.45) is 4.55. The average Bonchev–Trinajstić information content (AvgIpc) is 2.76. The predicted octanol–water partition coefficient (Wildman–Crippen LogP) is 3.63. The highest BCUT2D eigenvalue weighted by Crippen LogP contribution is 2.29. The number of pyridine rings is 1. The van der Waals surface area contributed by atoms with Gasteiger partial charge in [-0.15, -0.1) is 0 Å². The topological polar surface area (TPSA) is 68.3 Å². The van der Waals surface area contributed by atoms with Crippen molar-refractivity contribution in [1.29, 1.82) is 0 Å². The van der Waals surface area contributed by atoms with E-state index in [9.17, 15) is 9.59 Å². The summed E-state index contributed by atoms with van der Waals surface area (Å²) in [5.74, 6) is -0.735. The Bertz CT molecular complexity index is 1030. The van der Waals surface area contributed by atoms with E-state index in [0.717, 1.165) is 59.8 Å². The molecule has 1 aliphatic rings. The molecule has 0 saturated heterocycles.